The molecular weight excluding hydrogens is 248 g/mol. The molecule has 2 rings (SSSR count). The van der Waals surface area contributed by atoms with Crippen LogP contribution in [0.15, 0.2) is 36.4 Å². The third kappa shape index (κ3) is 2.90. The van der Waals surface area contributed by atoms with Gasteiger partial charge in [-0.3, -0.25) is 0 Å². The zero-order valence-electron chi connectivity index (χ0n) is 10.8. The van der Waals surface area contributed by atoms with E-state index in [1.165, 1.54) is 24.3 Å². The summed E-state index contributed by atoms with van der Waals surface area (Å²) in [6, 6.07) is 8.51. The molecule has 0 saturated heterocycles. The first-order valence-electron chi connectivity index (χ1n) is 5.97. The highest BCUT2D eigenvalue weighted by Crippen LogP contribution is 2.32. The molecule has 2 aromatic rings. The molecule has 0 spiro atoms. The Morgan fingerprint density at radius 2 is 1.74 bits per heavy atom. The molecule has 2 aromatic carbocycles. The van der Waals surface area contributed by atoms with Crippen molar-refractivity contribution in [1.82, 2.24) is 0 Å². The molecule has 0 amide bonds. The van der Waals surface area contributed by atoms with Crippen molar-refractivity contribution in [3.8, 4) is 11.5 Å². The van der Waals surface area contributed by atoms with E-state index in [2.05, 4.69) is 0 Å². The molecule has 0 aliphatic rings. The van der Waals surface area contributed by atoms with Gasteiger partial charge in [-0.2, -0.15) is 0 Å². The standard InChI is InChI=1S/C15H15F2NO/c1-9-7-15(11(10(2)18)8-13(9)17)19-14-6-4-3-5-12(14)16/h3-8,10H,18H2,1-2H3/t10-/m0/s1. The SMILES string of the molecule is Cc1cc(Oc2ccccc2F)c([C@H](C)N)cc1F. The molecule has 0 aromatic heterocycles. The summed E-state index contributed by atoms with van der Waals surface area (Å²) >= 11 is 0. The summed E-state index contributed by atoms with van der Waals surface area (Å²) in [6.45, 7) is 3.34. The average molecular weight is 263 g/mol. The molecule has 1 atom stereocenters. The van der Waals surface area contributed by atoms with Crippen molar-refractivity contribution < 1.29 is 13.5 Å². The Kier molecular flexibility index (Phi) is 3.81. The summed E-state index contributed by atoms with van der Waals surface area (Å²) in [5, 5.41) is 0. The second-order valence-corrected chi connectivity index (χ2v) is 4.46. The van der Waals surface area contributed by atoms with E-state index in [1.807, 2.05) is 0 Å². The molecular formula is C15H15F2NO. The van der Waals surface area contributed by atoms with Crippen LogP contribution >= 0.6 is 0 Å². The monoisotopic (exact) mass is 263 g/mol. The van der Waals surface area contributed by atoms with Crippen LogP contribution in [0.3, 0.4) is 0 Å². The molecule has 0 fully saturated rings. The number of aryl methyl sites for hydroxylation is 1. The van der Waals surface area contributed by atoms with Crippen LogP contribution in [-0.4, -0.2) is 0 Å². The lowest BCUT2D eigenvalue weighted by Crippen LogP contribution is -2.08. The summed E-state index contributed by atoms with van der Waals surface area (Å²) in [6.07, 6.45) is 0. The topological polar surface area (TPSA) is 35.2 Å². The van der Waals surface area contributed by atoms with E-state index in [0.29, 0.717) is 16.9 Å². The Balaban J connectivity index is 2.45. The summed E-state index contributed by atoms with van der Waals surface area (Å²) in [5.41, 5.74) is 6.72. The molecule has 0 bridgehead atoms. The average Bonchev–Trinajstić information content (AvgIpc) is 2.36. The van der Waals surface area contributed by atoms with Crippen LogP contribution in [-0.2, 0) is 0 Å². The zero-order chi connectivity index (χ0) is 14.0. The summed E-state index contributed by atoms with van der Waals surface area (Å²) in [7, 11) is 0. The van der Waals surface area contributed by atoms with Crippen LogP contribution in [0.4, 0.5) is 8.78 Å². The van der Waals surface area contributed by atoms with Crippen molar-refractivity contribution in [3.63, 3.8) is 0 Å². The molecule has 0 aliphatic carbocycles. The predicted octanol–water partition coefficient (Wildman–Crippen LogP) is 4.09. The van der Waals surface area contributed by atoms with Gasteiger partial charge in [0.05, 0.1) is 0 Å². The highest BCUT2D eigenvalue weighted by atomic mass is 19.1. The number of benzene rings is 2. The van der Waals surface area contributed by atoms with Gasteiger partial charge in [-0.1, -0.05) is 12.1 Å². The molecule has 0 radical (unpaired) electrons. The van der Waals surface area contributed by atoms with Gasteiger partial charge in [0.15, 0.2) is 11.6 Å². The quantitative estimate of drug-likeness (QED) is 0.905. The lowest BCUT2D eigenvalue weighted by atomic mass is 10.1. The van der Waals surface area contributed by atoms with Gasteiger partial charge < -0.3 is 10.5 Å². The van der Waals surface area contributed by atoms with Crippen LogP contribution in [0, 0.1) is 18.6 Å². The van der Waals surface area contributed by atoms with Gasteiger partial charge in [0.2, 0.25) is 0 Å². The fourth-order valence-corrected chi connectivity index (χ4v) is 1.76. The van der Waals surface area contributed by atoms with Gasteiger partial charge in [0, 0.05) is 11.6 Å². The van der Waals surface area contributed by atoms with Crippen molar-refractivity contribution in [2.24, 2.45) is 5.73 Å². The minimum atomic E-state index is -0.472. The Bertz CT molecular complexity index is 597. The second kappa shape index (κ2) is 5.36. The van der Waals surface area contributed by atoms with E-state index >= 15 is 0 Å². The van der Waals surface area contributed by atoms with Crippen LogP contribution in [0.25, 0.3) is 0 Å². The lowest BCUT2D eigenvalue weighted by molar-refractivity contribution is 0.433. The highest BCUT2D eigenvalue weighted by Gasteiger charge is 2.14. The Labute approximate surface area is 110 Å². The van der Waals surface area contributed by atoms with E-state index in [1.54, 1.807) is 26.0 Å². The Morgan fingerprint density at radius 3 is 2.37 bits per heavy atom. The Morgan fingerprint density at radius 1 is 1.05 bits per heavy atom. The third-order valence-corrected chi connectivity index (χ3v) is 2.84. The van der Waals surface area contributed by atoms with Crippen molar-refractivity contribution >= 4 is 0 Å². The second-order valence-electron chi connectivity index (χ2n) is 4.46. The molecule has 2 N–H and O–H groups in total. The third-order valence-electron chi connectivity index (χ3n) is 2.84. The fraction of sp³-hybridized carbons (Fsp3) is 0.200. The molecule has 0 unspecified atom stereocenters. The number of halogens is 2. The minimum Gasteiger partial charge on any atom is -0.454 e. The maximum Gasteiger partial charge on any atom is 0.165 e. The van der Waals surface area contributed by atoms with Crippen molar-refractivity contribution in [2.75, 3.05) is 0 Å². The number of hydrogen-bond donors (Lipinski definition) is 1. The zero-order valence-corrected chi connectivity index (χ0v) is 10.8. The first-order valence-corrected chi connectivity index (χ1v) is 5.97. The minimum absolute atomic E-state index is 0.0930. The maximum atomic E-state index is 13.6. The van der Waals surface area contributed by atoms with Crippen molar-refractivity contribution in [3.05, 3.63) is 59.2 Å². The van der Waals surface area contributed by atoms with E-state index in [4.69, 9.17) is 10.5 Å². The first kappa shape index (κ1) is 13.5. The first-order chi connectivity index (χ1) is 8.99. The van der Waals surface area contributed by atoms with Gasteiger partial charge >= 0.3 is 0 Å². The molecule has 100 valence electrons. The van der Waals surface area contributed by atoms with E-state index < -0.39 is 11.9 Å². The number of ether oxygens (including phenoxy) is 1. The lowest BCUT2D eigenvalue weighted by Gasteiger charge is -2.15. The van der Waals surface area contributed by atoms with Gasteiger partial charge in [0.1, 0.15) is 11.6 Å². The van der Waals surface area contributed by atoms with E-state index in [9.17, 15) is 8.78 Å². The molecule has 0 heterocycles. The number of nitrogens with two attached hydrogens (primary N) is 1. The van der Waals surface area contributed by atoms with Crippen LogP contribution in [0.5, 0.6) is 11.5 Å². The number of hydrogen-bond acceptors (Lipinski definition) is 2. The van der Waals surface area contributed by atoms with Crippen LogP contribution < -0.4 is 10.5 Å². The number of rotatable bonds is 3. The summed E-state index contributed by atoms with van der Waals surface area (Å²) < 4.78 is 32.6. The van der Waals surface area contributed by atoms with Crippen molar-refractivity contribution in [2.45, 2.75) is 19.9 Å². The van der Waals surface area contributed by atoms with Gasteiger partial charge in [-0.05, 0) is 43.7 Å². The van der Waals surface area contributed by atoms with Crippen LogP contribution in [0.2, 0.25) is 0 Å². The Hall–Kier alpha value is -1.94. The van der Waals surface area contributed by atoms with Gasteiger partial charge in [-0.25, -0.2) is 8.78 Å². The largest absolute Gasteiger partial charge is 0.454 e. The van der Waals surface area contributed by atoms with Gasteiger partial charge in [-0.15, -0.1) is 0 Å². The highest BCUT2D eigenvalue weighted by molar-refractivity contribution is 5.43. The van der Waals surface area contributed by atoms with Gasteiger partial charge in [0.25, 0.3) is 0 Å². The van der Waals surface area contributed by atoms with E-state index in [0.717, 1.165) is 0 Å². The fourth-order valence-electron chi connectivity index (χ4n) is 1.76. The molecule has 0 saturated carbocycles. The smallest absolute Gasteiger partial charge is 0.165 e. The normalized spacial score (nSPS) is 12.3. The molecule has 2 nitrogen and oxygen atoms in total. The van der Waals surface area contributed by atoms with E-state index in [-0.39, 0.29) is 11.6 Å². The number of para-hydroxylation sites is 1. The summed E-state index contributed by atoms with van der Waals surface area (Å²) in [4.78, 5) is 0. The van der Waals surface area contributed by atoms with Crippen molar-refractivity contribution in [1.29, 1.82) is 0 Å². The molecule has 0 aliphatic heterocycles. The predicted molar refractivity (Wildman–Crippen MR) is 70.2 cm³/mol. The summed E-state index contributed by atoms with van der Waals surface area (Å²) in [5.74, 6) is -0.359. The molecule has 19 heavy (non-hydrogen) atoms. The maximum absolute atomic E-state index is 13.6. The van der Waals surface area contributed by atoms with Crippen LogP contribution in [0.1, 0.15) is 24.1 Å². The molecule has 4 heteroatoms.